The van der Waals surface area contributed by atoms with Gasteiger partial charge in [-0.25, -0.2) is 13.4 Å². The van der Waals surface area contributed by atoms with E-state index in [0.717, 1.165) is 21.9 Å². The molecule has 0 N–H and O–H groups in total. The van der Waals surface area contributed by atoms with E-state index in [1.54, 1.807) is 30.5 Å². The second-order valence-corrected chi connectivity index (χ2v) is 9.91. The average Bonchev–Trinajstić information content (AvgIpc) is 3.18. The molecule has 1 aromatic heterocycles. The molecule has 0 bridgehead atoms. The fourth-order valence-corrected chi connectivity index (χ4v) is 6.00. The van der Waals surface area contributed by atoms with Crippen molar-refractivity contribution in [3.63, 3.8) is 0 Å². The predicted molar refractivity (Wildman–Crippen MR) is 110 cm³/mol. The second kappa shape index (κ2) is 7.60. The highest BCUT2D eigenvalue weighted by atomic mass is 32.2. The van der Waals surface area contributed by atoms with Crippen LogP contribution in [0.1, 0.15) is 30.9 Å². The molecule has 0 saturated carbocycles. The fraction of sp³-hybridized carbons (Fsp3) is 0.227. The van der Waals surface area contributed by atoms with Crippen LogP contribution in [0, 0.1) is 0 Å². The van der Waals surface area contributed by atoms with Crippen molar-refractivity contribution < 1.29 is 13.2 Å². The van der Waals surface area contributed by atoms with Gasteiger partial charge in [0.15, 0.2) is 0 Å². The quantitative estimate of drug-likeness (QED) is 0.583. The van der Waals surface area contributed by atoms with Gasteiger partial charge in [-0.3, -0.25) is 0 Å². The van der Waals surface area contributed by atoms with Crippen molar-refractivity contribution in [2.75, 3.05) is 6.61 Å². The lowest BCUT2D eigenvalue weighted by Crippen LogP contribution is -2.05. The fourth-order valence-electron chi connectivity index (χ4n) is 3.22. The molecule has 0 unspecified atom stereocenters. The molecule has 0 fully saturated rings. The van der Waals surface area contributed by atoms with Crippen LogP contribution in [-0.2, 0) is 16.3 Å². The van der Waals surface area contributed by atoms with Crippen LogP contribution in [0.15, 0.2) is 80.5 Å². The van der Waals surface area contributed by atoms with E-state index in [9.17, 15) is 8.42 Å². The van der Waals surface area contributed by atoms with E-state index in [-0.39, 0.29) is 0 Å². The van der Waals surface area contributed by atoms with Gasteiger partial charge < -0.3 is 4.74 Å². The predicted octanol–water partition coefficient (Wildman–Crippen LogP) is 5.12. The highest BCUT2D eigenvalue weighted by Crippen LogP contribution is 2.43. The Labute approximate surface area is 169 Å². The Kier molecular flexibility index (Phi) is 5.17. The molecule has 0 atom stereocenters. The minimum atomic E-state index is -3.66. The van der Waals surface area contributed by atoms with Crippen LogP contribution < -0.4 is 4.74 Å². The molecule has 0 spiro atoms. The van der Waals surface area contributed by atoms with Gasteiger partial charge in [0.2, 0.25) is 9.84 Å². The first kappa shape index (κ1) is 19.0. The summed E-state index contributed by atoms with van der Waals surface area (Å²) in [5, 5.41) is 0.759. The summed E-state index contributed by atoms with van der Waals surface area (Å²) in [7, 11) is -3.66. The van der Waals surface area contributed by atoms with E-state index in [1.807, 2.05) is 30.3 Å². The van der Waals surface area contributed by atoms with Gasteiger partial charge in [0.1, 0.15) is 10.8 Å². The van der Waals surface area contributed by atoms with Gasteiger partial charge in [-0.15, -0.1) is 0 Å². The maximum atomic E-state index is 13.5. The maximum absolute atomic E-state index is 13.5. The van der Waals surface area contributed by atoms with E-state index < -0.39 is 9.84 Å². The van der Waals surface area contributed by atoms with Gasteiger partial charge in [0, 0.05) is 23.1 Å². The van der Waals surface area contributed by atoms with Gasteiger partial charge in [0.25, 0.3) is 0 Å². The number of ether oxygens (including phenoxy) is 1. The number of aromatic nitrogens is 1. The highest BCUT2D eigenvalue weighted by Gasteiger charge is 2.28. The molecule has 28 heavy (non-hydrogen) atoms. The van der Waals surface area contributed by atoms with E-state index in [0.29, 0.717) is 33.6 Å². The summed E-state index contributed by atoms with van der Waals surface area (Å²) in [5.74, 6) is 1.11. The van der Waals surface area contributed by atoms with Crippen LogP contribution in [0.3, 0.4) is 0 Å². The van der Waals surface area contributed by atoms with Crippen molar-refractivity contribution in [3.8, 4) is 5.75 Å². The molecule has 0 amide bonds. The number of pyridine rings is 1. The van der Waals surface area contributed by atoms with Gasteiger partial charge >= 0.3 is 0 Å². The number of rotatable bonds is 5. The van der Waals surface area contributed by atoms with Crippen molar-refractivity contribution >= 4 is 21.6 Å². The smallest absolute Gasteiger partial charge is 0.207 e. The molecule has 4 nitrogen and oxygen atoms in total. The Morgan fingerprint density at radius 1 is 1.04 bits per heavy atom. The molecule has 2 heterocycles. The average molecular weight is 412 g/mol. The molecular weight excluding hydrogens is 390 g/mol. The lowest BCUT2D eigenvalue weighted by molar-refractivity contribution is 0.356. The Morgan fingerprint density at radius 3 is 2.50 bits per heavy atom. The van der Waals surface area contributed by atoms with E-state index in [1.165, 1.54) is 11.8 Å². The molecule has 0 saturated heterocycles. The van der Waals surface area contributed by atoms with Gasteiger partial charge in [-0.1, -0.05) is 43.8 Å². The summed E-state index contributed by atoms with van der Waals surface area (Å²) in [5.41, 5.74) is 2.06. The molecule has 0 radical (unpaired) electrons. The van der Waals surface area contributed by atoms with Crippen molar-refractivity contribution in [1.29, 1.82) is 0 Å². The van der Waals surface area contributed by atoms with Gasteiger partial charge in [0.05, 0.1) is 16.4 Å². The second-order valence-electron chi connectivity index (χ2n) is 6.97. The normalized spacial score (nSPS) is 13.4. The number of benzene rings is 2. The number of hydrogen-bond acceptors (Lipinski definition) is 5. The lowest BCUT2D eigenvalue weighted by Gasteiger charge is -2.14. The first-order chi connectivity index (χ1) is 13.5. The standard InChI is InChI=1S/C22H21NO3S2/c1-15(2)16-6-8-17(9-7-16)28(24,25)20-11-10-19-18(12-14-26-19)22(20)27-21-5-3-4-13-23-21/h3-11,13,15H,12,14H2,1-2H3. The zero-order valence-corrected chi connectivity index (χ0v) is 17.4. The van der Waals surface area contributed by atoms with Gasteiger partial charge in [-0.05, 0) is 47.9 Å². The number of hydrogen-bond donors (Lipinski definition) is 0. The van der Waals surface area contributed by atoms with Crippen molar-refractivity contribution in [2.24, 2.45) is 0 Å². The molecule has 6 heteroatoms. The van der Waals surface area contributed by atoms with Crippen LogP contribution in [-0.4, -0.2) is 20.0 Å². The topological polar surface area (TPSA) is 56.3 Å². The number of sulfone groups is 1. The molecule has 1 aliphatic heterocycles. The van der Waals surface area contributed by atoms with E-state index in [2.05, 4.69) is 18.8 Å². The lowest BCUT2D eigenvalue weighted by atomic mass is 10.0. The number of nitrogens with zero attached hydrogens (tertiary/aromatic N) is 1. The first-order valence-corrected chi connectivity index (χ1v) is 11.5. The van der Waals surface area contributed by atoms with E-state index >= 15 is 0 Å². The Bertz CT molecular complexity index is 1090. The van der Waals surface area contributed by atoms with Crippen LogP contribution >= 0.6 is 11.8 Å². The largest absolute Gasteiger partial charge is 0.493 e. The molecule has 1 aliphatic rings. The summed E-state index contributed by atoms with van der Waals surface area (Å²) in [6.07, 6.45) is 2.40. The third kappa shape index (κ3) is 3.54. The first-order valence-electron chi connectivity index (χ1n) is 9.19. The minimum Gasteiger partial charge on any atom is -0.493 e. The number of fused-ring (bicyclic) bond motifs is 1. The van der Waals surface area contributed by atoms with Crippen LogP contribution in [0.4, 0.5) is 0 Å². The molecule has 0 aliphatic carbocycles. The zero-order chi connectivity index (χ0) is 19.7. The highest BCUT2D eigenvalue weighted by molar-refractivity contribution is 8.00. The van der Waals surface area contributed by atoms with Gasteiger partial charge in [-0.2, -0.15) is 0 Å². The Morgan fingerprint density at radius 2 is 1.82 bits per heavy atom. The maximum Gasteiger partial charge on any atom is 0.207 e. The molecule has 2 aromatic carbocycles. The summed E-state index contributed by atoms with van der Waals surface area (Å²) in [6, 6.07) is 16.2. The summed E-state index contributed by atoms with van der Waals surface area (Å²) >= 11 is 1.38. The Balaban J connectivity index is 1.82. The monoisotopic (exact) mass is 411 g/mol. The van der Waals surface area contributed by atoms with Crippen LogP contribution in [0.5, 0.6) is 5.75 Å². The van der Waals surface area contributed by atoms with Crippen molar-refractivity contribution in [3.05, 3.63) is 71.9 Å². The van der Waals surface area contributed by atoms with E-state index in [4.69, 9.17) is 4.74 Å². The van der Waals surface area contributed by atoms with Crippen LogP contribution in [0.25, 0.3) is 0 Å². The van der Waals surface area contributed by atoms with Crippen LogP contribution in [0.2, 0.25) is 0 Å². The summed E-state index contributed by atoms with van der Waals surface area (Å²) in [6.45, 7) is 4.74. The molecule has 3 aromatic rings. The Hall–Kier alpha value is -2.31. The van der Waals surface area contributed by atoms with Crippen molar-refractivity contribution in [1.82, 2.24) is 4.98 Å². The molecule has 4 rings (SSSR count). The third-order valence-electron chi connectivity index (χ3n) is 4.78. The SMILES string of the molecule is CC(C)c1ccc(S(=O)(=O)c2ccc3c(c2Sc2ccccn2)CCO3)cc1. The summed E-state index contributed by atoms with van der Waals surface area (Å²) < 4.78 is 32.6. The summed E-state index contributed by atoms with van der Waals surface area (Å²) in [4.78, 5) is 5.68. The zero-order valence-electron chi connectivity index (χ0n) is 15.8. The minimum absolute atomic E-state index is 0.304. The van der Waals surface area contributed by atoms with Crippen molar-refractivity contribution in [2.45, 2.75) is 45.9 Å². The third-order valence-corrected chi connectivity index (χ3v) is 7.84. The molecular formula is C22H21NO3S2. The molecule has 144 valence electrons.